The standard InChI is InChI=1S/C20H24O7/c1-11-7-8-16(22)19(24)15(21)6-4-5-13-9-14(26-3)10-17(23)18(13)20(25)27-12(11)2/h4-5,7-12,15,19,21,23-24H,6H2,1-3H3/b5-4+,8-7-/t11-,12-,15+,19+/m1/s1. The van der Waals surface area contributed by atoms with E-state index in [1.54, 1.807) is 19.9 Å². The molecule has 1 aromatic carbocycles. The first-order chi connectivity index (χ1) is 12.7. The number of ether oxygens (including phenoxy) is 2. The molecule has 0 bridgehead atoms. The summed E-state index contributed by atoms with van der Waals surface area (Å²) in [4.78, 5) is 24.6. The van der Waals surface area contributed by atoms with Gasteiger partial charge in [0.2, 0.25) is 0 Å². The SMILES string of the molecule is COc1cc(O)c2c(c1)/C=C/C[C@H](O)[C@H](O)C(=O)/C=C\[C@@H](C)[C@@H](C)OC2=O. The van der Waals surface area contributed by atoms with Crippen LogP contribution in [0.15, 0.2) is 30.4 Å². The lowest BCUT2D eigenvalue weighted by atomic mass is 9.99. The van der Waals surface area contributed by atoms with Crippen LogP contribution in [0.2, 0.25) is 0 Å². The fourth-order valence-corrected chi connectivity index (χ4v) is 2.58. The van der Waals surface area contributed by atoms with Crippen LogP contribution in [-0.4, -0.2) is 52.5 Å². The number of phenolic OH excluding ortho intramolecular Hbond substituents is 1. The summed E-state index contributed by atoms with van der Waals surface area (Å²) >= 11 is 0. The minimum Gasteiger partial charge on any atom is -0.507 e. The van der Waals surface area contributed by atoms with E-state index < -0.39 is 30.1 Å². The number of esters is 1. The molecule has 1 aromatic rings. The number of cyclic esters (lactones) is 1. The summed E-state index contributed by atoms with van der Waals surface area (Å²) < 4.78 is 10.5. The van der Waals surface area contributed by atoms with E-state index >= 15 is 0 Å². The number of benzene rings is 1. The molecule has 27 heavy (non-hydrogen) atoms. The van der Waals surface area contributed by atoms with Crippen molar-refractivity contribution in [3.8, 4) is 11.5 Å². The molecule has 0 radical (unpaired) electrons. The summed E-state index contributed by atoms with van der Waals surface area (Å²) in [5, 5.41) is 30.2. The lowest BCUT2D eigenvalue weighted by Gasteiger charge is -2.20. The Hall–Kier alpha value is -2.64. The van der Waals surface area contributed by atoms with Crippen LogP contribution in [-0.2, 0) is 9.53 Å². The highest BCUT2D eigenvalue weighted by Gasteiger charge is 2.25. The number of methoxy groups -OCH3 is 1. The van der Waals surface area contributed by atoms with Crippen LogP contribution in [0.4, 0.5) is 0 Å². The van der Waals surface area contributed by atoms with Gasteiger partial charge < -0.3 is 24.8 Å². The number of hydrogen-bond acceptors (Lipinski definition) is 7. The van der Waals surface area contributed by atoms with Crippen LogP contribution in [0, 0.1) is 5.92 Å². The van der Waals surface area contributed by atoms with E-state index in [0.29, 0.717) is 11.3 Å². The zero-order chi connectivity index (χ0) is 20.1. The number of hydrogen-bond donors (Lipinski definition) is 3. The Kier molecular flexibility index (Phi) is 6.76. The number of phenols is 1. The van der Waals surface area contributed by atoms with Gasteiger partial charge in [-0.3, -0.25) is 4.79 Å². The highest BCUT2D eigenvalue weighted by molar-refractivity contribution is 5.97. The molecule has 1 heterocycles. The molecule has 0 saturated carbocycles. The summed E-state index contributed by atoms with van der Waals surface area (Å²) in [6, 6.07) is 2.85. The summed E-state index contributed by atoms with van der Waals surface area (Å²) in [6.45, 7) is 3.40. The molecule has 0 unspecified atom stereocenters. The largest absolute Gasteiger partial charge is 0.507 e. The Labute approximate surface area is 157 Å². The normalized spacial score (nSPS) is 29.2. The quantitative estimate of drug-likeness (QED) is 0.641. The molecule has 7 heteroatoms. The predicted octanol–water partition coefficient (Wildman–Crippen LogP) is 1.85. The molecule has 3 N–H and O–H groups in total. The molecule has 0 aromatic heterocycles. The summed E-state index contributed by atoms with van der Waals surface area (Å²) in [5.41, 5.74) is 0.301. The van der Waals surface area contributed by atoms with Gasteiger partial charge in [0.25, 0.3) is 0 Å². The van der Waals surface area contributed by atoms with Crippen molar-refractivity contribution in [2.75, 3.05) is 7.11 Å². The third kappa shape index (κ3) is 4.96. The molecule has 4 atom stereocenters. The van der Waals surface area contributed by atoms with Crippen molar-refractivity contribution in [2.24, 2.45) is 5.92 Å². The zero-order valence-electron chi connectivity index (χ0n) is 15.5. The van der Waals surface area contributed by atoms with Crippen molar-refractivity contribution in [1.82, 2.24) is 0 Å². The minimum atomic E-state index is -1.56. The van der Waals surface area contributed by atoms with E-state index in [0.717, 1.165) is 0 Å². The van der Waals surface area contributed by atoms with Gasteiger partial charge in [-0.2, -0.15) is 0 Å². The summed E-state index contributed by atoms with van der Waals surface area (Å²) in [6.07, 6.45) is 2.19. The van der Waals surface area contributed by atoms with Crippen molar-refractivity contribution in [1.29, 1.82) is 0 Å². The maximum Gasteiger partial charge on any atom is 0.342 e. The third-order valence-corrected chi connectivity index (χ3v) is 4.49. The molecule has 0 spiro atoms. The van der Waals surface area contributed by atoms with Gasteiger partial charge in [-0.05, 0) is 31.1 Å². The molecule has 0 saturated heterocycles. The molecular weight excluding hydrogens is 352 g/mol. The van der Waals surface area contributed by atoms with Gasteiger partial charge in [0.05, 0.1) is 13.2 Å². The van der Waals surface area contributed by atoms with E-state index in [1.165, 1.54) is 37.5 Å². The molecule has 7 nitrogen and oxygen atoms in total. The monoisotopic (exact) mass is 376 g/mol. The van der Waals surface area contributed by atoms with Crippen LogP contribution >= 0.6 is 0 Å². The van der Waals surface area contributed by atoms with Crippen LogP contribution in [0.5, 0.6) is 11.5 Å². The molecule has 0 fully saturated rings. The summed E-state index contributed by atoms with van der Waals surface area (Å²) in [5.74, 6) is -1.63. The fourth-order valence-electron chi connectivity index (χ4n) is 2.58. The van der Waals surface area contributed by atoms with Crippen LogP contribution in [0.1, 0.15) is 36.2 Å². The van der Waals surface area contributed by atoms with Crippen molar-refractivity contribution in [3.63, 3.8) is 0 Å². The molecular formula is C20H24O7. The molecule has 1 aliphatic heterocycles. The highest BCUT2D eigenvalue weighted by atomic mass is 16.5. The first-order valence-corrected chi connectivity index (χ1v) is 8.61. The second-order valence-corrected chi connectivity index (χ2v) is 6.49. The second kappa shape index (κ2) is 8.83. The topological polar surface area (TPSA) is 113 Å². The average molecular weight is 376 g/mol. The number of fused-ring (bicyclic) bond motifs is 1. The molecule has 1 aliphatic rings. The Morgan fingerprint density at radius 3 is 2.52 bits per heavy atom. The highest BCUT2D eigenvalue weighted by Crippen LogP contribution is 2.30. The van der Waals surface area contributed by atoms with Crippen LogP contribution < -0.4 is 4.74 Å². The fraction of sp³-hybridized carbons (Fsp3) is 0.400. The Morgan fingerprint density at radius 2 is 1.85 bits per heavy atom. The number of aromatic hydroxyl groups is 1. The Balaban J connectivity index is 2.50. The van der Waals surface area contributed by atoms with Gasteiger partial charge in [0.1, 0.15) is 29.3 Å². The number of ketones is 1. The number of carbonyl (C=O) groups is 2. The molecule has 2 rings (SSSR count). The molecule has 0 amide bonds. The van der Waals surface area contributed by atoms with Crippen molar-refractivity contribution in [3.05, 3.63) is 41.5 Å². The van der Waals surface area contributed by atoms with Crippen LogP contribution in [0.3, 0.4) is 0 Å². The Bertz CT molecular complexity index is 766. The number of aliphatic hydroxyl groups is 2. The van der Waals surface area contributed by atoms with Gasteiger partial charge in [-0.25, -0.2) is 4.79 Å². The maximum atomic E-state index is 12.6. The van der Waals surface area contributed by atoms with Crippen molar-refractivity contribution >= 4 is 17.8 Å². The van der Waals surface area contributed by atoms with E-state index in [2.05, 4.69) is 0 Å². The molecule has 146 valence electrons. The second-order valence-electron chi connectivity index (χ2n) is 6.49. The lowest BCUT2D eigenvalue weighted by molar-refractivity contribution is -0.127. The van der Waals surface area contributed by atoms with E-state index in [-0.39, 0.29) is 23.7 Å². The summed E-state index contributed by atoms with van der Waals surface area (Å²) in [7, 11) is 1.42. The average Bonchev–Trinajstić information content (AvgIpc) is 2.63. The van der Waals surface area contributed by atoms with Gasteiger partial charge in [0.15, 0.2) is 5.78 Å². The van der Waals surface area contributed by atoms with Gasteiger partial charge >= 0.3 is 5.97 Å². The Morgan fingerprint density at radius 1 is 1.15 bits per heavy atom. The zero-order valence-corrected chi connectivity index (χ0v) is 15.5. The van der Waals surface area contributed by atoms with E-state index in [1.807, 2.05) is 0 Å². The van der Waals surface area contributed by atoms with Crippen LogP contribution in [0.25, 0.3) is 6.08 Å². The lowest BCUT2D eigenvalue weighted by Crippen LogP contribution is -2.32. The first-order valence-electron chi connectivity index (χ1n) is 8.61. The first kappa shape index (κ1) is 20.7. The molecule has 0 aliphatic carbocycles. The van der Waals surface area contributed by atoms with Crippen molar-refractivity contribution in [2.45, 2.75) is 38.6 Å². The van der Waals surface area contributed by atoms with Crippen molar-refractivity contribution < 1.29 is 34.4 Å². The number of carbonyl (C=O) groups excluding carboxylic acids is 2. The number of aliphatic hydroxyl groups excluding tert-OH is 2. The number of rotatable bonds is 1. The van der Waals surface area contributed by atoms with Gasteiger partial charge in [-0.1, -0.05) is 25.2 Å². The van der Waals surface area contributed by atoms with E-state index in [4.69, 9.17) is 9.47 Å². The minimum absolute atomic E-state index is 0.0286. The predicted molar refractivity (Wildman–Crippen MR) is 98.5 cm³/mol. The third-order valence-electron chi connectivity index (χ3n) is 4.49. The maximum absolute atomic E-state index is 12.6. The van der Waals surface area contributed by atoms with Gasteiger partial charge in [-0.15, -0.1) is 0 Å². The smallest absolute Gasteiger partial charge is 0.342 e. The van der Waals surface area contributed by atoms with E-state index in [9.17, 15) is 24.9 Å². The van der Waals surface area contributed by atoms with Gasteiger partial charge in [0, 0.05) is 12.0 Å².